The monoisotopic (exact) mass is 520 g/mol. The van der Waals surface area contributed by atoms with Crippen molar-refractivity contribution in [3.8, 4) is 22.6 Å². The van der Waals surface area contributed by atoms with Crippen LogP contribution in [0.3, 0.4) is 0 Å². The number of hydrogen-bond acceptors (Lipinski definition) is 4. The van der Waals surface area contributed by atoms with Gasteiger partial charge in [-0.2, -0.15) is 0 Å². The average molecular weight is 521 g/mol. The molecule has 0 aliphatic carbocycles. The molecule has 2 atom stereocenters. The highest BCUT2D eigenvalue weighted by molar-refractivity contribution is 5.71. The number of methoxy groups -OCH3 is 1. The first-order chi connectivity index (χ1) is 18.1. The maximum Gasteiger partial charge on any atom is 0.303 e. The largest absolute Gasteiger partial charge is 0.497 e. The first kappa shape index (κ1) is 28.9. The fourth-order valence-electron chi connectivity index (χ4n) is 4.49. The number of benzene rings is 3. The van der Waals surface area contributed by atoms with Crippen LogP contribution in [-0.2, 0) is 11.4 Å². The van der Waals surface area contributed by atoms with Gasteiger partial charge in [0.05, 0.1) is 19.6 Å². The number of carbonyl (C=O) groups is 1. The average Bonchev–Trinajstić information content (AvgIpc) is 2.91. The zero-order valence-corrected chi connectivity index (χ0v) is 22.5. The first-order valence-electron chi connectivity index (χ1n) is 12.8. The third-order valence-electron chi connectivity index (χ3n) is 6.90. The van der Waals surface area contributed by atoms with Gasteiger partial charge in [0.15, 0.2) is 0 Å². The minimum absolute atomic E-state index is 0.0694. The van der Waals surface area contributed by atoms with Gasteiger partial charge >= 0.3 is 5.97 Å². The Morgan fingerprint density at radius 3 is 2.50 bits per heavy atom. The van der Waals surface area contributed by atoms with Crippen LogP contribution in [-0.4, -0.2) is 23.3 Å². The molecule has 38 heavy (non-hydrogen) atoms. The minimum atomic E-state index is -0.949. The van der Waals surface area contributed by atoms with E-state index in [0.29, 0.717) is 28.2 Å². The van der Waals surface area contributed by atoms with Gasteiger partial charge in [-0.25, -0.2) is 4.39 Å². The highest BCUT2D eigenvalue weighted by Crippen LogP contribution is 2.41. The number of halogens is 1. The van der Waals surface area contributed by atoms with Crippen molar-refractivity contribution in [2.75, 3.05) is 7.11 Å². The number of carboxylic acid groups (broad SMARTS) is 1. The zero-order chi connectivity index (χ0) is 27.9. The van der Waals surface area contributed by atoms with E-state index in [9.17, 15) is 19.4 Å². The second-order valence-electron chi connectivity index (χ2n) is 10.1. The second-order valence-corrected chi connectivity index (χ2v) is 10.1. The van der Waals surface area contributed by atoms with E-state index < -0.39 is 23.3 Å². The second kappa shape index (κ2) is 12.7. The van der Waals surface area contributed by atoms with E-state index in [0.717, 1.165) is 24.0 Å². The Hall–Kier alpha value is -3.64. The summed E-state index contributed by atoms with van der Waals surface area (Å²) < 4.78 is 26.3. The van der Waals surface area contributed by atoms with Crippen molar-refractivity contribution in [3.63, 3.8) is 0 Å². The third-order valence-corrected chi connectivity index (χ3v) is 6.90. The smallest absolute Gasteiger partial charge is 0.303 e. The number of aliphatic hydroxyl groups is 1. The molecule has 2 N–H and O–H groups in total. The summed E-state index contributed by atoms with van der Waals surface area (Å²) in [6.07, 6.45) is 2.46. The molecular weight excluding hydrogens is 483 g/mol. The third kappa shape index (κ3) is 7.01. The van der Waals surface area contributed by atoms with E-state index in [1.165, 1.54) is 13.2 Å². The van der Waals surface area contributed by atoms with Gasteiger partial charge in [0.25, 0.3) is 0 Å². The van der Waals surface area contributed by atoms with E-state index in [1.807, 2.05) is 57.2 Å². The van der Waals surface area contributed by atoms with Crippen LogP contribution in [0.5, 0.6) is 11.5 Å². The summed E-state index contributed by atoms with van der Waals surface area (Å²) in [6.45, 7) is 9.86. The molecule has 5 nitrogen and oxygen atoms in total. The molecule has 0 aliphatic rings. The lowest BCUT2D eigenvalue weighted by atomic mass is 9.79. The number of rotatable bonds is 13. The molecule has 0 heterocycles. The molecule has 202 valence electrons. The fraction of sp³-hybridized carbons (Fsp3) is 0.344. The molecule has 6 heteroatoms. The van der Waals surface area contributed by atoms with E-state index >= 15 is 0 Å². The van der Waals surface area contributed by atoms with Crippen LogP contribution in [0.4, 0.5) is 4.39 Å². The van der Waals surface area contributed by atoms with Gasteiger partial charge in [-0.3, -0.25) is 4.79 Å². The number of ether oxygens (including phenoxy) is 2. The van der Waals surface area contributed by atoms with Crippen LogP contribution in [0.15, 0.2) is 73.3 Å². The Balaban J connectivity index is 1.94. The lowest BCUT2D eigenvalue weighted by molar-refractivity contribution is -0.137. The lowest BCUT2D eigenvalue weighted by Gasteiger charge is -2.29. The molecule has 0 radical (unpaired) electrons. The summed E-state index contributed by atoms with van der Waals surface area (Å²) in [6, 6.07) is 17.5. The van der Waals surface area contributed by atoms with E-state index in [2.05, 4.69) is 6.58 Å². The molecule has 3 aromatic rings. The van der Waals surface area contributed by atoms with Crippen LogP contribution in [0.1, 0.15) is 68.7 Å². The fourth-order valence-corrected chi connectivity index (χ4v) is 4.49. The number of aliphatic hydroxyl groups excluding tert-OH is 1. The predicted molar refractivity (Wildman–Crippen MR) is 148 cm³/mol. The van der Waals surface area contributed by atoms with Gasteiger partial charge in [0, 0.05) is 11.0 Å². The van der Waals surface area contributed by atoms with Crippen LogP contribution >= 0.6 is 0 Å². The lowest BCUT2D eigenvalue weighted by Crippen LogP contribution is -2.20. The van der Waals surface area contributed by atoms with Gasteiger partial charge in [-0.15, -0.1) is 6.58 Å². The molecule has 0 spiro atoms. The van der Waals surface area contributed by atoms with Crippen LogP contribution in [0, 0.1) is 11.2 Å². The van der Waals surface area contributed by atoms with Crippen molar-refractivity contribution in [2.45, 2.75) is 58.7 Å². The van der Waals surface area contributed by atoms with Gasteiger partial charge in [0.2, 0.25) is 0 Å². The molecule has 0 saturated carbocycles. The number of carboxylic acids is 1. The molecule has 0 amide bonds. The Morgan fingerprint density at radius 1 is 1.08 bits per heavy atom. The molecule has 0 bridgehead atoms. The van der Waals surface area contributed by atoms with Crippen molar-refractivity contribution >= 4 is 5.97 Å². The Bertz CT molecular complexity index is 1270. The summed E-state index contributed by atoms with van der Waals surface area (Å²) in [5.74, 6) is -0.178. The SMILES string of the molecule is C=CC(C)(C)[C@@H](O)c1cc(COc2cccc([C@@H](CCC)CC(=O)O)c2)ccc1-c1cc(OC)ccc1F. The van der Waals surface area contributed by atoms with Gasteiger partial charge in [-0.1, -0.05) is 57.5 Å². The maximum absolute atomic E-state index is 14.9. The molecule has 3 aromatic carbocycles. The molecule has 0 aliphatic heterocycles. The Labute approximate surface area is 224 Å². The summed E-state index contributed by atoms with van der Waals surface area (Å²) in [7, 11) is 1.52. The maximum atomic E-state index is 14.9. The van der Waals surface area contributed by atoms with E-state index in [1.54, 1.807) is 24.3 Å². The highest BCUT2D eigenvalue weighted by Gasteiger charge is 2.29. The van der Waals surface area contributed by atoms with Crippen LogP contribution in [0.25, 0.3) is 11.1 Å². The normalized spacial score (nSPS) is 13.0. The summed E-state index contributed by atoms with van der Waals surface area (Å²) in [4.78, 5) is 11.3. The standard InChI is InChI=1S/C32H37FO5/c1-6-9-22(18-30(34)35)23-10-8-11-25(17-23)38-20-21-12-14-26(27-19-24(37-5)13-15-29(27)33)28(16-21)31(36)32(3,4)7-2/h7-8,10-17,19,22,31,36H,2,6,9,18,20H2,1,3-5H3,(H,34,35)/t22-,31-/m0/s1. The molecular formula is C32H37FO5. The first-order valence-corrected chi connectivity index (χ1v) is 12.8. The predicted octanol–water partition coefficient (Wildman–Crippen LogP) is 7.68. The highest BCUT2D eigenvalue weighted by atomic mass is 19.1. The van der Waals surface area contributed by atoms with Crippen LogP contribution in [0.2, 0.25) is 0 Å². The minimum Gasteiger partial charge on any atom is -0.497 e. The van der Waals surface area contributed by atoms with E-state index in [4.69, 9.17) is 9.47 Å². The Kier molecular flexibility index (Phi) is 9.70. The topological polar surface area (TPSA) is 76.0 Å². The Morgan fingerprint density at radius 2 is 1.84 bits per heavy atom. The zero-order valence-electron chi connectivity index (χ0n) is 22.5. The summed E-state index contributed by atoms with van der Waals surface area (Å²) >= 11 is 0. The molecule has 3 rings (SSSR count). The van der Waals surface area contributed by atoms with Crippen LogP contribution < -0.4 is 9.47 Å². The number of hydrogen-bond donors (Lipinski definition) is 2. The van der Waals surface area contributed by atoms with Gasteiger partial charge in [-0.05, 0) is 71.0 Å². The molecule has 0 saturated heterocycles. The van der Waals surface area contributed by atoms with Crippen molar-refractivity contribution in [3.05, 3.63) is 95.8 Å². The van der Waals surface area contributed by atoms with Gasteiger partial charge in [0.1, 0.15) is 23.9 Å². The van der Waals surface area contributed by atoms with Crippen molar-refractivity contribution in [2.24, 2.45) is 5.41 Å². The molecule has 0 unspecified atom stereocenters. The quantitative estimate of drug-likeness (QED) is 0.226. The number of aliphatic carboxylic acids is 1. The molecule has 0 aromatic heterocycles. The van der Waals surface area contributed by atoms with Gasteiger partial charge < -0.3 is 19.7 Å². The van der Waals surface area contributed by atoms with Crippen molar-refractivity contribution in [1.82, 2.24) is 0 Å². The summed E-state index contributed by atoms with van der Waals surface area (Å²) in [5, 5.41) is 20.6. The summed E-state index contributed by atoms with van der Waals surface area (Å²) in [5.41, 5.74) is 2.51. The molecule has 0 fully saturated rings. The van der Waals surface area contributed by atoms with Crippen molar-refractivity contribution in [1.29, 1.82) is 0 Å². The van der Waals surface area contributed by atoms with Crippen molar-refractivity contribution < 1.29 is 28.9 Å². The van der Waals surface area contributed by atoms with E-state index in [-0.39, 0.29) is 18.9 Å².